The Morgan fingerprint density at radius 3 is 2.65 bits per heavy atom. The van der Waals surface area contributed by atoms with E-state index in [4.69, 9.17) is 4.74 Å². The molecule has 0 spiro atoms. The Bertz CT molecular complexity index is 481. The van der Waals surface area contributed by atoms with Gasteiger partial charge in [0.2, 0.25) is 0 Å². The van der Waals surface area contributed by atoms with E-state index < -0.39 is 11.6 Å². The zero-order valence-electron chi connectivity index (χ0n) is 10.2. The molecule has 0 aromatic heterocycles. The standard InChI is InChI=1S/C13H15NO3/c1-13(12(16)14(2)3)8-9-6-4-5-7-10(9)11(15)17-13/h4-7H,8H2,1-3H3/t13-/m0/s1. The Kier molecular flexibility index (Phi) is 2.65. The minimum absolute atomic E-state index is 0.194. The molecular weight excluding hydrogens is 218 g/mol. The first-order valence-electron chi connectivity index (χ1n) is 5.47. The van der Waals surface area contributed by atoms with Crippen LogP contribution in [0.25, 0.3) is 0 Å². The predicted octanol–water partition coefficient (Wildman–Crippen LogP) is 1.25. The van der Waals surface area contributed by atoms with Gasteiger partial charge >= 0.3 is 5.97 Å². The third-order valence-corrected chi connectivity index (χ3v) is 2.94. The number of rotatable bonds is 1. The Hall–Kier alpha value is -1.84. The molecule has 1 amide bonds. The van der Waals surface area contributed by atoms with Gasteiger partial charge in [-0.15, -0.1) is 0 Å². The van der Waals surface area contributed by atoms with Crippen LogP contribution < -0.4 is 0 Å². The van der Waals surface area contributed by atoms with Crippen molar-refractivity contribution in [2.75, 3.05) is 14.1 Å². The lowest BCUT2D eigenvalue weighted by Crippen LogP contribution is -2.51. The second-order valence-electron chi connectivity index (χ2n) is 4.65. The van der Waals surface area contributed by atoms with Gasteiger partial charge in [-0.3, -0.25) is 4.79 Å². The third-order valence-electron chi connectivity index (χ3n) is 2.94. The maximum absolute atomic E-state index is 12.0. The highest BCUT2D eigenvalue weighted by atomic mass is 16.6. The lowest BCUT2D eigenvalue weighted by atomic mass is 9.89. The minimum Gasteiger partial charge on any atom is -0.445 e. The highest BCUT2D eigenvalue weighted by Crippen LogP contribution is 2.29. The zero-order chi connectivity index (χ0) is 12.6. The summed E-state index contributed by atoms with van der Waals surface area (Å²) in [5.74, 6) is -0.620. The zero-order valence-corrected chi connectivity index (χ0v) is 10.2. The molecule has 1 aliphatic rings. The Labute approximate surface area is 100 Å². The van der Waals surface area contributed by atoms with Gasteiger partial charge in [-0.1, -0.05) is 18.2 Å². The molecule has 0 unspecified atom stereocenters. The van der Waals surface area contributed by atoms with Crippen molar-refractivity contribution in [3.05, 3.63) is 35.4 Å². The fourth-order valence-electron chi connectivity index (χ4n) is 2.12. The number of ether oxygens (including phenoxy) is 1. The van der Waals surface area contributed by atoms with Crippen molar-refractivity contribution in [2.24, 2.45) is 0 Å². The number of amides is 1. The number of esters is 1. The molecule has 0 N–H and O–H groups in total. The maximum Gasteiger partial charge on any atom is 0.339 e. The molecule has 4 nitrogen and oxygen atoms in total. The van der Waals surface area contributed by atoms with E-state index in [1.54, 1.807) is 33.2 Å². The molecular formula is C13H15NO3. The van der Waals surface area contributed by atoms with Gasteiger partial charge in [0.05, 0.1) is 5.56 Å². The largest absolute Gasteiger partial charge is 0.445 e. The van der Waals surface area contributed by atoms with E-state index >= 15 is 0 Å². The normalized spacial score (nSPS) is 22.6. The Morgan fingerprint density at radius 2 is 2.00 bits per heavy atom. The number of hydrogen-bond donors (Lipinski definition) is 0. The molecule has 1 aromatic rings. The number of hydrogen-bond acceptors (Lipinski definition) is 3. The summed E-state index contributed by atoms with van der Waals surface area (Å²) in [7, 11) is 3.31. The van der Waals surface area contributed by atoms with Crippen molar-refractivity contribution in [1.82, 2.24) is 4.90 Å². The van der Waals surface area contributed by atoms with Crippen molar-refractivity contribution < 1.29 is 14.3 Å². The Balaban J connectivity index is 2.40. The predicted molar refractivity (Wildman–Crippen MR) is 62.7 cm³/mol. The lowest BCUT2D eigenvalue weighted by Gasteiger charge is -2.34. The van der Waals surface area contributed by atoms with Crippen LogP contribution in [0.1, 0.15) is 22.8 Å². The number of fused-ring (bicyclic) bond motifs is 1. The minimum atomic E-state index is -1.09. The summed E-state index contributed by atoms with van der Waals surface area (Å²) in [6, 6.07) is 7.23. The molecule has 0 bridgehead atoms. The molecule has 1 heterocycles. The van der Waals surface area contributed by atoms with Gasteiger partial charge in [0.1, 0.15) is 0 Å². The number of nitrogens with zero attached hydrogens (tertiary/aromatic N) is 1. The molecule has 0 saturated heterocycles. The van der Waals surface area contributed by atoms with Crippen molar-refractivity contribution >= 4 is 11.9 Å². The number of carbonyl (C=O) groups is 2. The van der Waals surface area contributed by atoms with Gasteiger partial charge < -0.3 is 9.64 Å². The van der Waals surface area contributed by atoms with Gasteiger partial charge in [0, 0.05) is 20.5 Å². The van der Waals surface area contributed by atoms with Crippen LogP contribution in [0, 0.1) is 0 Å². The van der Waals surface area contributed by atoms with E-state index in [0.717, 1.165) is 5.56 Å². The van der Waals surface area contributed by atoms with Crippen molar-refractivity contribution in [3.63, 3.8) is 0 Å². The van der Waals surface area contributed by atoms with E-state index in [9.17, 15) is 9.59 Å². The monoisotopic (exact) mass is 233 g/mol. The second-order valence-corrected chi connectivity index (χ2v) is 4.65. The van der Waals surface area contributed by atoms with Crippen LogP contribution in [0.3, 0.4) is 0 Å². The second kappa shape index (κ2) is 3.87. The maximum atomic E-state index is 12.0. The number of carbonyl (C=O) groups excluding carboxylic acids is 2. The summed E-state index contributed by atoms with van der Waals surface area (Å²) in [6.45, 7) is 1.66. The first kappa shape index (κ1) is 11.6. The fourth-order valence-corrected chi connectivity index (χ4v) is 2.12. The van der Waals surface area contributed by atoms with Gasteiger partial charge in [0.25, 0.3) is 5.91 Å². The lowest BCUT2D eigenvalue weighted by molar-refractivity contribution is -0.148. The van der Waals surface area contributed by atoms with Crippen LogP contribution >= 0.6 is 0 Å². The SMILES string of the molecule is CN(C)C(=O)[C@]1(C)Cc2ccccc2C(=O)O1. The average molecular weight is 233 g/mol. The molecule has 17 heavy (non-hydrogen) atoms. The van der Waals surface area contributed by atoms with Gasteiger partial charge in [-0.2, -0.15) is 0 Å². The molecule has 0 aliphatic carbocycles. The molecule has 1 aliphatic heterocycles. The smallest absolute Gasteiger partial charge is 0.339 e. The first-order valence-corrected chi connectivity index (χ1v) is 5.47. The molecule has 0 fully saturated rings. The molecule has 1 aromatic carbocycles. The van der Waals surface area contributed by atoms with E-state index in [2.05, 4.69) is 0 Å². The summed E-state index contributed by atoms with van der Waals surface area (Å²) in [6.07, 6.45) is 0.423. The van der Waals surface area contributed by atoms with Crippen molar-refractivity contribution in [3.8, 4) is 0 Å². The van der Waals surface area contributed by atoms with Crippen LogP contribution in [-0.4, -0.2) is 36.5 Å². The quantitative estimate of drug-likeness (QED) is 0.686. The topological polar surface area (TPSA) is 46.6 Å². The molecule has 0 saturated carbocycles. The van der Waals surface area contributed by atoms with E-state index in [-0.39, 0.29) is 5.91 Å². The molecule has 90 valence electrons. The number of benzene rings is 1. The van der Waals surface area contributed by atoms with Crippen molar-refractivity contribution in [2.45, 2.75) is 18.9 Å². The summed E-state index contributed by atoms with van der Waals surface area (Å²) >= 11 is 0. The van der Waals surface area contributed by atoms with Crippen LogP contribution in [0.5, 0.6) is 0 Å². The van der Waals surface area contributed by atoms with E-state index in [1.165, 1.54) is 4.90 Å². The van der Waals surface area contributed by atoms with Gasteiger partial charge in [0.15, 0.2) is 5.60 Å². The highest BCUT2D eigenvalue weighted by molar-refractivity contribution is 5.97. The number of cyclic esters (lactones) is 1. The van der Waals surface area contributed by atoms with Gasteiger partial charge in [-0.05, 0) is 18.6 Å². The summed E-state index contributed by atoms with van der Waals surface area (Å²) in [5, 5.41) is 0. The Morgan fingerprint density at radius 1 is 1.35 bits per heavy atom. The molecule has 1 atom stereocenters. The van der Waals surface area contributed by atoms with Gasteiger partial charge in [-0.25, -0.2) is 4.79 Å². The third kappa shape index (κ3) is 1.90. The summed E-state index contributed by atoms with van der Waals surface area (Å²) in [4.78, 5) is 25.3. The van der Waals surface area contributed by atoms with Crippen LogP contribution in [0.15, 0.2) is 24.3 Å². The molecule has 4 heteroatoms. The van der Waals surface area contributed by atoms with E-state index in [1.807, 2.05) is 12.1 Å². The van der Waals surface area contributed by atoms with Crippen molar-refractivity contribution in [1.29, 1.82) is 0 Å². The van der Waals surface area contributed by atoms with Crippen LogP contribution in [0.2, 0.25) is 0 Å². The molecule has 2 rings (SSSR count). The first-order chi connectivity index (χ1) is 7.94. The highest BCUT2D eigenvalue weighted by Gasteiger charge is 2.43. The van der Waals surface area contributed by atoms with Crippen LogP contribution in [0.4, 0.5) is 0 Å². The summed E-state index contributed by atoms with van der Waals surface area (Å²) < 4.78 is 5.29. The summed E-state index contributed by atoms with van der Waals surface area (Å²) in [5.41, 5.74) is 0.326. The average Bonchev–Trinajstić information content (AvgIpc) is 2.27. The van der Waals surface area contributed by atoms with Crippen LogP contribution in [-0.2, 0) is 16.0 Å². The fraction of sp³-hybridized carbons (Fsp3) is 0.385. The molecule has 0 radical (unpaired) electrons. The number of likely N-dealkylation sites (N-methyl/N-ethyl adjacent to an activating group) is 1. The van der Waals surface area contributed by atoms with E-state index in [0.29, 0.717) is 12.0 Å².